The van der Waals surface area contributed by atoms with Crippen LogP contribution < -0.4 is 0 Å². The molecule has 0 unspecified atom stereocenters. The lowest BCUT2D eigenvalue weighted by Gasteiger charge is -2.11. The zero-order valence-corrected chi connectivity index (χ0v) is 15.5. The van der Waals surface area contributed by atoms with Crippen molar-refractivity contribution >= 4 is 23.3 Å². The van der Waals surface area contributed by atoms with Crippen LogP contribution in [0.4, 0.5) is 0 Å². The van der Waals surface area contributed by atoms with Crippen LogP contribution in [0.5, 0.6) is 0 Å². The SMILES string of the molecule is CCO/C=C(\C(=O)c1ccc(-n2cncn2)nc1CSC)C(=O)C1CC1. The number of aromatic nitrogens is 4. The Kier molecular flexibility index (Phi) is 5.82. The molecule has 8 heteroatoms. The van der Waals surface area contributed by atoms with Gasteiger partial charge in [0.25, 0.3) is 0 Å². The van der Waals surface area contributed by atoms with Crippen molar-refractivity contribution in [3.8, 4) is 5.82 Å². The second-order valence-electron chi connectivity index (χ2n) is 5.89. The molecule has 1 saturated carbocycles. The van der Waals surface area contributed by atoms with Gasteiger partial charge in [0, 0.05) is 17.2 Å². The highest BCUT2D eigenvalue weighted by molar-refractivity contribution is 7.97. The molecular weight excluding hydrogens is 352 g/mol. The molecule has 1 fully saturated rings. The van der Waals surface area contributed by atoms with Crippen LogP contribution in [0, 0.1) is 5.92 Å². The molecule has 0 saturated heterocycles. The summed E-state index contributed by atoms with van der Waals surface area (Å²) in [5.74, 6) is 0.586. The predicted octanol–water partition coefficient (Wildman–Crippen LogP) is 2.61. The van der Waals surface area contributed by atoms with Crippen molar-refractivity contribution < 1.29 is 14.3 Å². The standard InChI is InChI=1S/C18H20N4O3S/c1-3-25-8-14(17(23)12-4-5-12)18(24)13-6-7-16(21-15(13)9-26-2)22-11-19-10-20-22/h6-8,10-12H,3-5,9H2,1-2H3/b14-8-. The second kappa shape index (κ2) is 8.27. The molecule has 0 N–H and O–H groups in total. The van der Waals surface area contributed by atoms with Crippen molar-refractivity contribution in [3.05, 3.63) is 47.9 Å². The number of hydrogen-bond acceptors (Lipinski definition) is 7. The lowest BCUT2D eigenvalue weighted by atomic mass is 9.98. The highest BCUT2D eigenvalue weighted by atomic mass is 32.2. The summed E-state index contributed by atoms with van der Waals surface area (Å²) in [6.07, 6.45) is 7.87. The Bertz CT molecular complexity index is 829. The summed E-state index contributed by atoms with van der Waals surface area (Å²) >= 11 is 1.55. The van der Waals surface area contributed by atoms with E-state index in [0.717, 1.165) is 12.8 Å². The molecular formula is C18H20N4O3S. The Morgan fingerprint density at radius 2 is 2.19 bits per heavy atom. The van der Waals surface area contributed by atoms with Gasteiger partial charge in [-0.25, -0.2) is 14.6 Å². The Morgan fingerprint density at radius 3 is 2.81 bits per heavy atom. The Morgan fingerprint density at radius 1 is 1.38 bits per heavy atom. The third-order valence-corrected chi connectivity index (χ3v) is 4.53. The third-order valence-electron chi connectivity index (χ3n) is 3.96. The average molecular weight is 372 g/mol. The largest absolute Gasteiger partial charge is 0.501 e. The number of hydrogen-bond donors (Lipinski definition) is 0. The molecule has 0 aliphatic heterocycles. The van der Waals surface area contributed by atoms with Crippen LogP contribution in [0.15, 0.2) is 36.6 Å². The number of carbonyl (C=O) groups excluding carboxylic acids is 2. The molecule has 2 heterocycles. The summed E-state index contributed by atoms with van der Waals surface area (Å²) < 4.78 is 6.80. The van der Waals surface area contributed by atoms with Crippen molar-refractivity contribution in [2.24, 2.45) is 5.92 Å². The lowest BCUT2D eigenvalue weighted by Crippen LogP contribution is -2.18. The van der Waals surface area contributed by atoms with Crippen LogP contribution in [0.2, 0.25) is 0 Å². The van der Waals surface area contributed by atoms with Crippen LogP contribution >= 0.6 is 11.8 Å². The van der Waals surface area contributed by atoms with Gasteiger partial charge in [0.2, 0.25) is 5.78 Å². The number of pyridine rings is 1. The number of Topliss-reactive ketones (excluding diaryl/α,β-unsaturated/α-hetero) is 2. The molecule has 0 spiro atoms. The Balaban J connectivity index is 1.97. The number of thioether (sulfide) groups is 1. The summed E-state index contributed by atoms with van der Waals surface area (Å²) in [6, 6.07) is 3.39. The summed E-state index contributed by atoms with van der Waals surface area (Å²) in [6.45, 7) is 2.21. The second-order valence-corrected chi connectivity index (χ2v) is 6.76. The van der Waals surface area contributed by atoms with Crippen LogP contribution in [-0.4, -0.2) is 44.2 Å². The topological polar surface area (TPSA) is 87.0 Å². The van der Waals surface area contributed by atoms with E-state index in [2.05, 4.69) is 15.1 Å². The average Bonchev–Trinajstić information content (AvgIpc) is 3.36. The minimum atomic E-state index is -0.336. The van der Waals surface area contributed by atoms with Crippen molar-refractivity contribution in [1.82, 2.24) is 19.7 Å². The number of allylic oxidation sites excluding steroid dienone is 1. The van der Waals surface area contributed by atoms with E-state index in [1.807, 2.05) is 13.2 Å². The van der Waals surface area contributed by atoms with E-state index < -0.39 is 0 Å². The minimum Gasteiger partial charge on any atom is -0.501 e. The first kappa shape index (κ1) is 18.3. The molecule has 2 aromatic heterocycles. The molecule has 0 amide bonds. The molecule has 1 aliphatic rings. The van der Waals surface area contributed by atoms with Gasteiger partial charge < -0.3 is 4.74 Å². The summed E-state index contributed by atoms with van der Waals surface area (Å²) in [5.41, 5.74) is 1.14. The molecule has 3 rings (SSSR count). The number of ketones is 2. The Labute approximate surface area is 155 Å². The molecule has 0 bridgehead atoms. The van der Waals surface area contributed by atoms with Gasteiger partial charge >= 0.3 is 0 Å². The summed E-state index contributed by atoms with van der Waals surface area (Å²) in [4.78, 5) is 34.1. The maximum absolute atomic E-state index is 13.1. The number of ether oxygens (including phenoxy) is 1. The van der Waals surface area contributed by atoms with Gasteiger partial charge in [-0.15, -0.1) is 0 Å². The first-order valence-electron chi connectivity index (χ1n) is 8.40. The van der Waals surface area contributed by atoms with Crippen molar-refractivity contribution in [3.63, 3.8) is 0 Å². The first-order valence-corrected chi connectivity index (χ1v) is 9.79. The van der Waals surface area contributed by atoms with Crippen molar-refractivity contribution in [1.29, 1.82) is 0 Å². The fourth-order valence-corrected chi connectivity index (χ4v) is 2.99. The highest BCUT2D eigenvalue weighted by Crippen LogP contribution is 2.33. The third kappa shape index (κ3) is 4.01. The molecule has 0 aromatic carbocycles. The van der Waals surface area contributed by atoms with E-state index in [0.29, 0.717) is 29.4 Å². The zero-order valence-electron chi connectivity index (χ0n) is 14.7. The number of nitrogens with zero attached hydrogens (tertiary/aromatic N) is 4. The monoisotopic (exact) mass is 372 g/mol. The quantitative estimate of drug-likeness (QED) is 0.220. The Hall–Kier alpha value is -2.48. The van der Waals surface area contributed by atoms with Gasteiger partial charge in [-0.05, 0) is 38.2 Å². The predicted molar refractivity (Wildman–Crippen MR) is 98.1 cm³/mol. The van der Waals surface area contributed by atoms with Gasteiger partial charge in [-0.2, -0.15) is 16.9 Å². The maximum Gasteiger partial charge on any atom is 0.201 e. The molecule has 0 atom stereocenters. The van der Waals surface area contributed by atoms with Crippen LogP contribution in [0.1, 0.15) is 35.8 Å². The first-order chi connectivity index (χ1) is 12.7. The molecule has 1 aliphatic carbocycles. The lowest BCUT2D eigenvalue weighted by molar-refractivity contribution is -0.116. The zero-order chi connectivity index (χ0) is 18.5. The van der Waals surface area contributed by atoms with Crippen LogP contribution in [0.25, 0.3) is 5.82 Å². The number of carbonyl (C=O) groups is 2. The summed E-state index contributed by atoms with van der Waals surface area (Å²) in [7, 11) is 0. The van der Waals surface area contributed by atoms with Crippen LogP contribution in [0.3, 0.4) is 0 Å². The molecule has 2 aromatic rings. The van der Waals surface area contributed by atoms with Gasteiger partial charge in [-0.1, -0.05) is 0 Å². The number of rotatable bonds is 9. The minimum absolute atomic E-state index is 0.0583. The molecule has 26 heavy (non-hydrogen) atoms. The van der Waals surface area contributed by atoms with E-state index >= 15 is 0 Å². The van der Waals surface area contributed by atoms with Gasteiger partial charge in [0.15, 0.2) is 11.6 Å². The van der Waals surface area contributed by atoms with Crippen molar-refractivity contribution in [2.45, 2.75) is 25.5 Å². The fraction of sp³-hybridized carbons (Fsp3) is 0.389. The molecule has 7 nitrogen and oxygen atoms in total. The maximum atomic E-state index is 13.1. The summed E-state index contributed by atoms with van der Waals surface area (Å²) in [5, 5.41) is 4.06. The highest BCUT2D eigenvalue weighted by Gasteiger charge is 2.35. The van der Waals surface area contributed by atoms with Crippen molar-refractivity contribution in [2.75, 3.05) is 12.9 Å². The molecule has 0 radical (unpaired) electrons. The van der Waals surface area contributed by atoms with Gasteiger partial charge in [0.05, 0.1) is 18.6 Å². The van der Waals surface area contributed by atoms with E-state index in [1.54, 1.807) is 30.2 Å². The smallest absolute Gasteiger partial charge is 0.201 e. The fourth-order valence-electron chi connectivity index (χ4n) is 2.50. The van der Waals surface area contributed by atoms with E-state index in [-0.39, 0.29) is 23.1 Å². The van der Waals surface area contributed by atoms with Crippen LogP contribution in [-0.2, 0) is 15.3 Å². The van der Waals surface area contributed by atoms with Gasteiger partial charge in [-0.3, -0.25) is 9.59 Å². The normalized spacial score (nSPS) is 14.3. The van der Waals surface area contributed by atoms with E-state index in [1.165, 1.54) is 17.3 Å². The van der Waals surface area contributed by atoms with E-state index in [9.17, 15) is 9.59 Å². The van der Waals surface area contributed by atoms with E-state index in [4.69, 9.17) is 4.74 Å². The van der Waals surface area contributed by atoms with Gasteiger partial charge in [0.1, 0.15) is 18.2 Å². The molecule has 136 valence electrons.